The molecule has 4 nitrogen and oxygen atoms in total. The third-order valence-electron chi connectivity index (χ3n) is 19.3. The van der Waals surface area contributed by atoms with E-state index in [1.165, 1.54) is 182 Å². The predicted molar refractivity (Wildman–Crippen MR) is 316 cm³/mol. The molecule has 4 aromatic heterocycles. The number of nitrogens with zero attached hydrogens (tertiary/aromatic N) is 4. The summed E-state index contributed by atoms with van der Waals surface area (Å²) >= 11 is 16.3. The Morgan fingerprint density at radius 2 is 0.730 bits per heavy atom. The van der Waals surface area contributed by atoms with Crippen molar-refractivity contribution in [3.63, 3.8) is 0 Å². The summed E-state index contributed by atoms with van der Waals surface area (Å²) in [5.74, 6) is 0. The molecule has 0 aliphatic heterocycles. The van der Waals surface area contributed by atoms with Crippen LogP contribution in [-0.4, -0.2) is 19.6 Å². The average Bonchev–Trinajstić information content (AvgIpc) is 4.10. The van der Waals surface area contributed by atoms with Crippen LogP contribution in [0.2, 0.25) is 0 Å². The van der Waals surface area contributed by atoms with E-state index in [1.807, 2.05) is 0 Å². The molecular weight excluding hydrogens is 1160 g/mol. The number of benzene rings is 4. The van der Waals surface area contributed by atoms with Crippen molar-refractivity contribution >= 4 is 89.9 Å². The van der Waals surface area contributed by atoms with E-state index in [9.17, 15) is 0 Å². The van der Waals surface area contributed by atoms with Crippen LogP contribution < -0.4 is 0 Å². The number of thiophene rings is 2. The van der Waals surface area contributed by atoms with Gasteiger partial charge in [-0.3, -0.25) is 0 Å². The molecule has 4 heterocycles. The van der Waals surface area contributed by atoms with Gasteiger partial charge in [0.2, 0.25) is 0 Å². The molecule has 0 radical (unpaired) electrons. The van der Waals surface area contributed by atoms with Gasteiger partial charge in [-0.25, -0.2) is 9.36 Å². The van der Waals surface area contributed by atoms with Crippen LogP contribution in [0.1, 0.15) is 204 Å². The Hall–Kier alpha value is -3.13. The normalized spacial score (nSPS) is 19.9. The average molecular weight is 1240 g/mol. The molecular formula is C65H78N4PtS4. The van der Waals surface area contributed by atoms with Crippen molar-refractivity contribution in [1.82, 2.24) is 19.6 Å². The molecule has 392 valence electrons. The van der Waals surface area contributed by atoms with Crippen LogP contribution >= 0.6 is 22.7 Å². The van der Waals surface area contributed by atoms with E-state index >= 15 is 0 Å². The smallest absolute Gasteiger partial charge is 0.426 e. The van der Waals surface area contributed by atoms with Gasteiger partial charge >= 0.3 is 21.1 Å². The fourth-order valence-corrected chi connectivity index (χ4v) is 17.9. The molecule has 12 rings (SSSR count). The first-order chi connectivity index (χ1) is 35.1. The predicted octanol–water partition coefficient (Wildman–Crippen LogP) is 19.0. The number of fused-ring (bicyclic) bond motifs is 4. The third kappa shape index (κ3) is 10.1. The molecule has 4 saturated carbocycles. The summed E-state index contributed by atoms with van der Waals surface area (Å²) in [7, 11) is 0. The van der Waals surface area contributed by atoms with Crippen molar-refractivity contribution in [3.05, 3.63) is 106 Å². The van der Waals surface area contributed by atoms with Gasteiger partial charge in [0, 0.05) is 10.8 Å². The largest absolute Gasteiger partial charge is 2.00 e. The number of hydrogen-bond acceptors (Lipinski definition) is 6. The SMILES string of the molecule is CC1(Cc2ccc3c(-n4nc(C(C)(C)c5nn(-c6c([S-])sc7cc(CC8(C)CCCCC8)ccc67)c6ccc(CC7(C)CCCCC7)cc56)c5cc(CC6(C)CCCCC6)ccc54)c([S-])sc3c2)CCCCC1.[Pt+2]. The van der Waals surface area contributed by atoms with Gasteiger partial charge in [-0.2, -0.15) is 10.2 Å². The second-order valence-electron chi connectivity index (χ2n) is 26.2. The van der Waals surface area contributed by atoms with E-state index in [-0.39, 0.29) is 21.1 Å². The Bertz CT molecular complexity index is 3120. The van der Waals surface area contributed by atoms with Crippen LogP contribution in [-0.2, 0) is 77.4 Å². The van der Waals surface area contributed by atoms with Gasteiger partial charge < -0.3 is 47.9 Å². The molecule has 9 heteroatoms. The molecule has 0 unspecified atom stereocenters. The first-order valence-corrected chi connectivity index (χ1v) is 31.0. The van der Waals surface area contributed by atoms with Gasteiger partial charge in [0.05, 0.1) is 39.2 Å². The molecule has 0 atom stereocenters. The number of aromatic nitrogens is 4. The molecule has 8 aromatic rings. The van der Waals surface area contributed by atoms with Crippen molar-refractivity contribution < 1.29 is 21.1 Å². The van der Waals surface area contributed by atoms with Crippen LogP contribution in [0, 0.1) is 21.7 Å². The minimum atomic E-state index is -0.597. The van der Waals surface area contributed by atoms with Crippen molar-refractivity contribution in [3.8, 4) is 11.4 Å². The Morgan fingerprint density at radius 1 is 0.432 bits per heavy atom. The van der Waals surface area contributed by atoms with Crippen molar-refractivity contribution in [2.24, 2.45) is 21.7 Å². The summed E-state index contributed by atoms with van der Waals surface area (Å²) in [6.07, 6.45) is 31.0. The topological polar surface area (TPSA) is 35.6 Å². The van der Waals surface area contributed by atoms with Gasteiger partial charge in [0.25, 0.3) is 0 Å². The zero-order chi connectivity index (χ0) is 50.3. The summed E-state index contributed by atoms with van der Waals surface area (Å²) < 4.78 is 8.80. The molecule has 0 bridgehead atoms. The minimum Gasteiger partial charge on any atom is -0.426 e. The summed E-state index contributed by atoms with van der Waals surface area (Å²) in [5.41, 5.74) is 12.9. The number of rotatable bonds is 12. The first-order valence-electron chi connectivity index (χ1n) is 28.6. The maximum Gasteiger partial charge on any atom is 2.00 e. The Kier molecular flexibility index (Phi) is 14.7. The Balaban J connectivity index is 0.00000588. The standard InChI is InChI=1S/C65H80N4S4.Pt/c1-61(2,57-49-35-43(39-62(3)27-11-7-12-28-62)21-25-51(49)68(66-57)55-47-23-19-45(37-53(47)72-59(55)70)41-64(5)31-15-9-16-32-64)58-50-36-44(40-63(4)29-13-8-14-30-63)22-26-52(50)69(67-58)56-48-24-20-46(38-54(48)73-60(56)71)42-65(6)33-17-10-18-34-65;/h19-26,35-38,70-71H,7-18,27-34,39-42H2,1-6H3;/q;+2/p-2. The van der Waals surface area contributed by atoms with Crippen LogP contribution in [0.5, 0.6) is 0 Å². The van der Waals surface area contributed by atoms with E-state index < -0.39 is 5.41 Å². The fourth-order valence-electron chi connectivity index (χ4n) is 15.1. The second kappa shape index (κ2) is 20.6. The van der Waals surface area contributed by atoms with Crippen LogP contribution in [0.15, 0.2) is 81.2 Å². The Labute approximate surface area is 475 Å². The molecule has 0 N–H and O–H groups in total. The van der Waals surface area contributed by atoms with Gasteiger partial charge in [-0.05, 0) is 170 Å². The van der Waals surface area contributed by atoms with E-state index in [2.05, 4.69) is 124 Å². The molecule has 0 spiro atoms. The molecule has 4 aliphatic carbocycles. The monoisotopic (exact) mass is 1240 g/mol. The third-order valence-corrected chi connectivity index (χ3v) is 22.0. The van der Waals surface area contributed by atoms with E-state index in [1.54, 1.807) is 22.7 Å². The van der Waals surface area contributed by atoms with Gasteiger partial charge in [0.1, 0.15) is 0 Å². The maximum atomic E-state index is 6.41. The summed E-state index contributed by atoms with van der Waals surface area (Å²) in [5, 5.41) is 16.5. The van der Waals surface area contributed by atoms with Gasteiger partial charge in [-0.1, -0.05) is 171 Å². The second-order valence-corrected chi connectivity index (χ2v) is 29.6. The Morgan fingerprint density at radius 3 is 1.05 bits per heavy atom. The van der Waals surface area contributed by atoms with Crippen molar-refractivity contribution in [2.45, 2.75) is 209 Å². The molecule has 0 amide bonds. The van der Waals surface area contributed by atoms with Gasteiger partial charge in [-0.15, -0.1) is 0 Å². The molecule has 4 aliphatic rings. The van der Waals surface area contributed by atoms with Crippen LogP contribution in [0.3, 0.4) is 0 Å². The summed E-state index contributed by atoms with van der Waals surface area (Å²) in [4.78, 5) is 0. The molecule has 4 fully saturated rings. The zero-order valence-corrected chi connectivity index (χ0v) is 50.7. The van der Waals surface area contributed by atoms with E-state index in [4.69, 9.17) is 35.5 Å². The quantitative estimate of drug-likeness (QED) is 0.114. The zero-order valence-electron chi connectivity index (χ0n) is 45.1. The van der Waals surface area contributed by atoms with Crippen molar-refractivity contribution in [2.75, 3.05) is 0 Å². The molecule has 0 saturated heterocycles. The fraction of sp³-hybridized carbons (Fsp3) is 0.538. The number of hydrogen-bond donors (Lipinski definition) is 0. The molecule has 4 aromatic carbocycles. The summed E-state index contributed by atoms with van der Waals surface area (Å²) in [6, 6.07) is 28.9. The van der Waals surface area contributed by atoms with Crippen molar-refractivity contribution in [1.29, 1.82) is 0 Å². The van der Waals surface area contributed by atoms with Crippen LogP contribution in [0.25, 0.3) is 53.4 Å². The van der Waals surface area contributed by atoms with Gasteiger partial charge in [0.15, 0.2) is 0 Å². The summed E-state index contributed by atoms with van der Waals surface area (Å²) in [6.45, 7) is 14.8. The maximum absolute atomic E-state index is 6.41. The van der Waals surface area contributed by atoms with Crippen LogP contribution in [0.4, 0.5) is 0 Å². The molecule has 74 heavy (non-hydrogen) atoms. The van der Waals surface area contributed by atoms with E-state index in [0.717, 1.165) is 67.9 Å². The minimum absolute atomic E-state index is 0. The van der Waals surface area contributed by atoms with E-state index in [0.29, 0.717) is 21.7 Å². The first kappa shape index (κ1) is 52.9.